The Hall–Kier alpha value is -2.54. The average molecular weight is 341 g/mol. The third-order valence-corrected chi connectivity index (χ3v) is 5.68. The second-order valence-electron chi connectivity index (χ2n) is 7.97. The number of hydrogen-bond donors (Lipinski definition) is 1. The lowest BCUT2D eigenvalue weighted by Crippen LogP contribution is -2.03. The largest absolute Gasteiger partial charge is 0.357 e. The van der Waals surface area contributed by atoms with Crippen LogP contribution in [0.4, 0.5) is 5.69 Å². The molecular formula is C25H27N. The smallest absolute Gasteiger partial charge is 0.0504 e. The van der Waals surface area contributed by atoms with Crippen molar-refractivity contribution in [3.63, 3.8) is 0 Å². The maximum absolute atomic E-state index is 3.81. The number of nitrogens with one attached hydrogen (secondary N) is 1. The summed E-state index contributed by atoms with van der Waals surface area (Å²) in [4.78, 5) is 0. The van der Waals surface area contributed by atoms with Crippen molar-refractivity contribution in [3.05, 3.63) is 87.2 Å². The average Bonchev–Trinajstić information content (AvgIpc) is 2.89. The number of anilines is 1. The van der Waals surface area contributed by atoms with Crippen LogP contribution in [-0.2, 0) is 0 Å². The first-order chi connectivity index (χ1) is 12.4. The molecule has 2 aromatic carbocycles. The van der Waals surface area contributed by atoms with E-state index in [1.807, 2.05) is 0 Å². The van der Waals surface area contributed by atoms with E-state index in [0.29, 0.717) is 5.92 Å². The summed E-state index contributed by atoms with van der Waals surface area (Å²) >= 11 is 0. The molecular weight excluding hydrogens is 314 g/mol. The van der Waals surface area contributed by atoms with E-state index in [2.05, 4.69) is 89.3 Å². The Morgan fingerprint density at radius 2 is 1.54 bits per heavy atom. The summed E-state index contributed by atoms with van der Waals surface area (Å²) < 4.78 is 0. The van der Waals surface area contributed by atoms with Crippen molar-refractivity contribution < 1.29 is 0 Å². The molecule has 0 bridgehead atoms. The molecule has 1 aliphatic carbocycles. The van der Waals surface area contributed by atoms with Gasteiger partial charge >= 0.3 is 0 Å². The number of para-hydroxylation sites is 1. The number of benzene rings is 2. The van der Waals surface area contributed by atoms with Crippen LogP contribution in [0.5, 0.6) is 0 Å². The Kier molecular flexibility index (Phi) is 3.91. The normalized spacial score (nSPS) is 18.6. The zero-order chi connectivity index (χ0) is 18.6. The van der Waals surface area contributed by atoms with Gasteiger partial charge in [-0.1, -0.05) is 59.2 Å². The molecule has 0 saturated carbocycles. The molecule has 0 amide bonds. The van der Waals surface area contributed by atoms with Gasteiger partial charge in [0.25, 0.3) is 0 Å². The van der Waals surface area contributed by atoms with E-state index in [9.17, 15) is 0 Å². The lowest BCUT2D eigenvalue weighted by molar-refractivity contribution is 0.961. The van der Waals surface area contributed by atoms with Gasteiger partial charge in [0, 0.05) is 17.2 Å². The van der Waals surface area contributed by atoms with Crippen LogP contribution in [0.15, 0.2) is 64.9 Å². The molecule has 0 radical (unpaired) electrons. The fourth-order valence-corrected chi connectivity index (χ4v) is 4.83. The third-order valence-electron chi connectivity index (χ3n) is 5.68. The SMILES string of the molecule is CC1=CC(C)=C2Nc3c(-c4c(C)cc(C)cc4C)cccc3C2C(C)=C1. The van der Waals surface area contributed by atoms with E-state index in [1.165, 1.54) is 61.5 Å². The first-order valence-electron chi connectivity index (χ1n) is 9.42. The Bertz CT molecular complexity index is 991. The van der Waals surface area contributed by atoms with Crippen LogP contribution in [0.3, 0.4) is 0 Å². The molecule has 1 aliphatic heterocycles. The van der Waals surface area contributed by atoms with Crippen LogP contribution < -0.4 is 5.32 Å². The minimum atomic E-state index is 0.338. The van der Waals surface area contributed by atoms with Crippen LogP contribution >= 0.6 is 0 Å². The molecule has 0 saturated heterocycles. The molecule has 26 heavy (non-hydrogen) atoms. The number of fused-ring (bicyclic) bond motifs is 3. The summed E-state index contributed by atoms with van der Waals surface area (Å²) in [6.07, 6.45) is 4.62. The summed E-state index contributed by atoms with van der Waals surface area (Å²) in [5, 5.41) is 3.81. The molecule has 0 aromatic heterocycles. The molecule has 132 valence electrons. The van der Waals surface area contributed by atoms with Gasteiger partial charge in [0.05, 0.1) is 5.69 Å². The molecule has 1 heteroatoms. The fraction of sp³-hybridized carbons (Fsp3) is 0.280. The lowest BCUT2D eigenvalue weighted by Gasteiger charge is -2.16. The molecule has 4 rings (SSSR count). The molecule has 2 aromatic rings. The first kappa shape index (κ1) is 16.9. The Labute approximate surface area is 157 Å². The number of allylic oxidation sites excluding steroid dienone is 5. The van der Waals surface area contributed by atoms with E-state index >= 15 is 0 Å². The van der Waals surface area contributed by atoms with E-state index in [4.69, 9.17) is 0 Å². The highest BCUT2D eigenvalue weighted by atomic mass is 14.9. The minimum Gasteiger partial charge on any atom is -0.357 e. The number of aryl methyl sites for hydroxylation is 3. The highest BCUT2D eigenvalue weighted by molar-refractivity contribution is 5.88. The first-order valence-corrected chi connectivity index (χ1v) is 9.42. The van der Waals surface area contributed by atoms with E-state index in [0.717, 1.165) is 0 Å². The standard InChI is InChI=1S/C25H27N/c1-14-10-16(3)22(17(4)11-14)20-8-7-9-21-23-18(5)12-15(2)13-19(6)24(23)26-25(20)21/h7-13,23,26H,1-6H3. The predicted molar refractivity (Wildman–Crippen MR) is 113 cm³/mol. The Balaban J connectivity index is 1.96. The topological polar surface area (TPSA) is 12.0 Å². The van der Waals surface area contributed by atoms with Crippen LogP contribution in [0.2, 0.25) is 0 Å². The van der Waals surface area contributed by atoms with Crippen LogP contribution in [-0.4, -0.2) is 0 Å². The predicted octanol–water partition coefficient (Wildman–Crippen LogP) is 6.97. The molecule has 1 unspecified atom stereocenters. The minimum absolute atomic E-state index is 0.338. The Morgan fingerprint density at radius 1 is 0.846 bits per heavy atom. The highest BCUT2D eigenvalue weighted by Gasteiger charge is 2.32. The Morgan fingerprint density at radius 3 is 2.23 bits per heavy atom. The second kappa shape index (κ2) is 6.02. The monoisotopic (exact) mass is 341 g/mol. The summed E-state index contributed by atoms with van der Waals surface area (Å²) in [6.45, 7) is 13.3. The van der Waals surface area contributed by atoms with Gasteiger partial charge in [-0.25, -0.2) is 0 Å². The van der Waals surface area contributed by atoms with Crippen molar-refractivity contribution in [3.8, 4) is 11.1 Å². The second-order valence-corrected chi connectivity index (χ2v) is 7.97. The van der Waals surface area contributed by atoms with Crippen LogP contribution in [0, 0.1) is 20.8 Å². The zero-order valence-corrected chi connectivity index (χ0v) is 16.6. The third kappa shape index (κ3) is 2.54. The van der Waals surface area contributed by atoms with Crippen molar-refractivity contribution in [2.24, 2.45) is 0 Å². The molecule has 1 heterocycles. The highest BCUT2D eigenvalue weighted by Crippen LogP contribution is 2.50. The van der Waals surface area contributed by atoms with Crippen molar-refractivity contribution in [1.82, 2.24) is 0 Å². The number of hydrogen-bond acceptors (Lipinski definition) is 1. The van der Waals surface area contributed by atoms with Crippen molar-refractivity contribution in [2.45, 2.75) is 47.5 Å². The van der Waals surface area contributed by atoms with Crippen LogP contribution in [0.25, 0.3) is 11.1 Å². The maximum atomic E-state index is 3.81. The zero-order valence-electron chi connectivity index (χ0n) is 16.6. The van der Waals surface area contributed by atoms with Gasteiger partial charge in [-0.2, -0.15) is 0 Å². The quantitative estimate of drug-likeness (QED) is 0.590. The van der Waals surface area contributed by atoms with Crippen LogP contribution in [0.1, 0.15) is 48.9 Å². The molecule has 0 fully saturated rings. The van der Waals surface area contributed by atoms with Crippen molar-refractivity contribution in [2.75, 3.05) is 5.32 Å². The van der Waals surface area contributed by atoms with Crippen molar-refractivity contribution in [1.29, 1.82) is 0 Å². The fourth-order valence-electron chi connectivity index (χ4n) is 4.83. The molecule has 1 atom stereocenters. The van der Waals surface area contributed by atoms with Gasteiger partial charge < -0.3 is 5.32 Å². The van der Waals surface area contributed by atoms with E-state index < -0.39 is 0 Å². The van der Waals surface area contributed by atoms with Crippen molar-refractivity contribution >= 4 is 5.69 Å². The summed E-state index contributed by atoms with van der Waals surface area (Å²) in [5.74, 6) is 0.338. The van der Waals surface area contributed by atoms with Gasteiger partial charge in [-0.15, -0.1) is 0 Å². The molecule has 1 N–H and O–H groups in total. The van der Waals surface area contributed by atoms with Gasteiger partial charge in [0.2, 0.25) is 0 Å². The van der Waals surface area contributed by atoms with Gasteiger partial charge in [-0.05, 0) is 69.4 Å². The lowest BCUT2D eigenvalue weighted by atomic mass is 9.87. The molecule has 0 spiro atoms. The van der Waals surface area contributed by atoms with Gasteiger partial charge in [-0.3, -0.25) is 0 Å². The summed E-state index contributed by atoms with van der Waals surface area (Å²) in [7, 11) is 0. The molecule has 1 nitrogen and oxygen atoms in total. The maximum Gasteiger partial charge on any atom is 0.0504 e. The van der Waals surface area contributed by atoms with E-state index in [1.54, 1.807) is 0 Å². The van der Waals surface area contributed by atoms with Gasteiger partial charge in [0.15, 0.2) is 0 Å². The summed E-state index contributed by atoms with van der Waals surface area (Å²) in [5.41, 5.74) is 14.8. The molecule has 2 aliphatic rings. The number of rotatable bonds is 1. The van der Waals surface area contributed by atoms with E-state index in [-0.39, 0.29) is 0 Å². The van der Waals surface area contributed by atoms with Gasteiger partial charge in [0.1, 0.15) is 0 Å². The summed E-state index contributed by atoms with van der Waals surface area (Å²) in [6, 6.07) is 11.3.